The van der Waals surface area contributed by atoms with Gasteiger partial charge in [0.1, 0.15) is 0 Å². The van der Waals surface area contributed by atoms with E-state index in [-0.39, 0.29) is 12.8 Å². The van der Waals surface area contributed by atoms with Crippen LogP contribution in [0.5, 0.6) is 0 Å². The molecule has 86 valence electrons. The summed E-state index contributed by atoms with van der Waals surface area (Å²) in [5, 5.41) is 0. The third kappa shape index (κ3) is 6.17. The molecule has 0 aromatic carbocycles. The molecular weight excluding hydrogens is 199 g/mol. The van der Waals surface area contributed by atoms with Crippen molar-refractivity contribution in [1.29, 1.82) is 0 Å². The maximum absolute atomic E-state index is 11.8. The van der Waals surface area contributed by atoms with E-state index < -0.39 is 24.9 Å². The van der Waals surface area contributed by atoms with Crippen molar-refractivity contribution >= 4 is 0 Å². The summed E-state index contributed by atoms with van der Waals surface area (Å²) in [6, 6.07) is -0.521. The van der Waals surface area contributed by atoms with Gasteiger partial charge in [0.2, 0.25) is 0 Å². The van der Waals surface area contributed by atoms with Crippen molar-refractivity contribution in [3.8, 4) is 0 Å². The van der Waals surface area contributed by atoms with Crippen molar-refractivity contribution in [2.45, 2.75) is 37.8 Å². The monoisotopic (exact) mass is 215 g/mol. The number of hydrogen-bond acceptors (Lipinski definition) is 3. The molecule has 2 N–H and O–H groups in total. The Hall–Kier alpha value is -0.330. The third-order valence-electron chi connectivity index (χ3n) is 1.81. The van der Waals surface area contributed by atoms with E-state index in [0.29, 0.717) is 0 Å². The minimum absolute atomic E-state index is 0.00606. The van der Waals surface area contributed by atoms with Gasteiger partial charge in [-0.2, -0.15) is 13.2 Å². The molecule has 0 fully saturated rings. The van der Waals surface area contributed by atoms with Crippen molar-refractivity contribution < 1.29 is 22.6 Å². The number of nitrogens with two attached hydrogens (primary N) is 1. The number of methoxy groups -OCH3 is 2. The highest BCUT2D eigenvalue weighted by atomic mass is 19.4. The molecule has 0 aromatic heterocycles. The maximum Gasteiger partial charge on any atom is 0.389 e. The zero-order valence-electron chi connectivity index (χ0n) is 8.30. The lowest BCUT2D eigenvalue weighted by Gasteiger charge is -2.20. The van der Waals surface area contributed by atoms with E-state index in [1.165, 1.54) is 14.2 Å². The Morgan fingerprint density at radius 1 is 1.21 bits per heavy atom. The zero-order valence-corrected chi connectivity index (χ0v) is 8.30. The van der Waals surface area contributed by atoms with Crippen LogP contribution in [0, 0.1) is 0 Å². The van der Waals surface area contributed by atoms with Gasteiger partial charge in [0, 0.05) is 20.6 Å². The molecule has 0 heterocycles. The summed E-state index contributed by atoms with van der Waals surface area (Å²) in [5.74, 6) is 0. The van der Waals surface area contributed by atoms with E-state index in [4.69, 9.17) is 15.2 Å². The van der Waals surface area contributed by atoms with E-state index in [2.05, 4.69) is 0 Å². The standard InChI is InChI=1S/C8H16F3NO2/c1-13-7(14-2)6(12)4-3-5-8(9,10)11/h6-7H,3-5,12H2,1-2H3. The Morgan fingerprint density at radius 2 is 1.71 bits per heavy atom. The Kier molecular flexibility index (Phi) is 6.06. The number of ether oxygens (including phenoxy) is 2. The second-order valence-corrected chi connectivity index (χ2v) is 3.01. The van der Waals surface area contributed by atoms with Gasteiger partial charge in [-0.05, 0) is 12.8 Å². The van der Waals surface area contributed by atoms with Crippen LogP contribution < -0.4 is 5.73 Å². The normalized spacial score (nSPS) is 14.8. The molecule has 0 aromatic rings. The Labute approximate surface area is 81.4 Å². The van der Waals surface area contributed by atoms with Gasteiger partial charge in [-0.25, -0.2) is 0 Å². The summed E-state index contributed by atoms with van der Waals surface area (Å²) >= 11 is 0. The van der Waals surface area contributed by atoms with Crippen LogP contribution in [0.2, 0.25) is 0 Å². The number of halogens is 3. The molecular formula is C8H16F3NO2. The third-order valence-corrected chi connectivity index (χ3v) is 1.81. The Balaban J connectivity index is 3.67. The van der Waals surface area contributed by atoms with Gasteiger partial charge >= 0.3 is 6.18 Å². The SMILES string of the molecule is COC(OC)C(N)CCCC(F)(F)F. The second kappa shape index (κ2) is 6.21. The average Bonchev–Trinajstić information content (AvgIpc) is 2.04. The van der Waals surface area contributed by atoms with Crippen LogP contribution >= 0.6 is 0 Å². The van der Waals surface area contributed by atoms with Crippen LogP contribution in [0.4, 0.5) is 13.2 Å². The van der Waals surface area contributed by atoms with E-state index in [1.54, 1.807) is 0 Å². The minimum Gasteiger partial charge on any atom is -0.354 e. The molecule has 14 heavy (non-hydrogen) atoms. The molecule has 3 nitrogen and oxygen atoms in total. The molecule has 0 aliphatic rings. The van der Waals surface area contributed by atoms with Gasteiger partial charge in [-0.15, -0.1) is 0 Å². The predicted octanol–water partition coefficient (Wildman–Crippen LogP) is 1.67. The Morgan fingerprint density at radius 3 is 2.07 bits per heavy atom. The first-order chi connectivity index (χ1) is 6.40. The molecule has 0 aliphatic carbocycles. The summed E-state index contributed by atoms with van der Waals surface area (Å²) in [4.78, 5) is 0. The average molecular weight is 215 g/mol. The molecule has 0 amide bonds. The Bertz CT molecular complexity index is 148. The molecule has 0 spiro atoms. The molecule has 0 bridgehead atoms. The molecule has 0 aliphatic heterocycles. The summed E-state index contributed by atoms with van der Waals surface area (Å²) < 4.78 is 44.9. The fourth-order valence-electron chi connectivity index (χ4n) is 1.12. The molecule has 0 saturated carbocycles. The summed E-state index contributed by atoms with van der Waals surface area (Å²) in [6.45, 7) is 0. The van der Waals surface area contributed by atoms with Gasteiger partial charge < -0.3 is 15.2 Å². The maximum atomic E-state index is 11.8. The molecule has 0 rings (SSSR count). The number of alkyl halides is 3. The first kappa shape index (κ1) is 13.7. The highest BCUT2D eigenvalue weighted by Crippen LogP contribution is 2.22. The van der Waals surface area contributed by atoms with Gasteiger partial charge in [0.05, 0.1) is 6.04 Å². The van der Waals surface area contributed by atoms with E-state index in [0.717, 1.165) is 0 Å². The molecule has 0 radical (unpaired) electrons. The van der Waals surface area contributed by atoms with E-state index in [9.17, 15) is 13.2 Å². The minimum atomic E-state index is -4.12. The molecule has 0 saturated heterocycles. The summed E-state index contributed by atoms with van der Waals surface area (Å²) in [5.41, 5.74) is 5.55. The summed E-state index contributed by atoms with van der Waals surface area (Å²) in [6.07, 6.45) is -5.35. The van der Waals surface area contributed by atoms with Gasteiger partial charge in [0.25, 0.3) is 0 Å². The topological polar surface area (TPSA) is 44.5 Å². The molecule has 1 unspecified atom stereocenters. The van der Waals surface area contributed by atoms with Crippen LogP contribution in [0.25, 0.3) is 0 Å². The van der Waals surface area contributed by atoms with E-state index >= 15 is 0 Å². The molecule has 1 atom stereocenters. The van der Waals surface area contributed by atoms with Crippen molar-refractivity contribution in [1.82, 2.24) is 0 Å². The van der Waals surface area contributed by atoms with Crippen LogP contribution in [-0.4, -0.2) is 32.7 Å². The predicted molar refractivity (Wildman–Crippen MR) is 45.7 cm³/mol. The lowest BCUT2D eigenvalue weighted by molar-refractivity contribution is -0.140. The number of rotatable bonds is 6. The zero-order chi connectivity index (χ0) is 11.2. The first-order valence-corrected chi connectivity index (χ1v) is 4.28. The number of hydrogen-bond donors (Lipinski definition) is 1. The molecule has 6 heteroatoms. The van der Waals surface area contributed by atoms with Crippen molar-refractivity contribution in [3.05, 3.63) is 0 Å². The van der Waals surface area contributed by atoms with E-state index in [1.807, 2.05) is 0 Å². The fraction of sp³-hybridized carbons (Fsp3) is 1.00. The quantitative estimate of drug-likeness (QED) is 0.685. The van der Waals surface area contributed by atoms with Crippen LogP contribution in [0.1, 0.15) is 19.3 Å². The van der Waals surface area contributed by atoms with Crippen molar-refractivity contribution in [2.75, 3.05) is 14.2 Å². The van der Waals surface area contributed by atoms with Gasteiger partial charge in [-0.1, -0.05) is 0 Å². The summed E-state index contributed by atoms with van der Waals surface area (Å²) in [7, 11) is 2.80. The smallest absolute Gasteiger partial charge is 0.354 e. The van der Waals surface area contributed by atoms with Crippen molar-refractivity contribution in [2.24, 2.45) is 5.73 Å². The highest BCUT2D eigenvalue weighted by molar-refractivity contribution is 4.66. The van der Waals surface area contributed by atoms with Crippen LogP contribution in [-0.2, 0) is 9.47 Å². The largest absolute Gasteiger partial charge is 0.389 e. The van der Waals surface area contributed by atoms with Crippen LogP contribution in [0.15, 0.2) is 0 Å². The van der Waals surface area contributed by atoms with Gasteiger partial charge in [0.15, 0.2) is 6.29 Å². The highest BCUT2D eigenvalue weighted by Gasteiger charge is 2.27. The lowest BCUT2D eigenvalue weighted by atomic mass is 10.1. The second-order valence-electron chi connectivity index (χ2n) is 3.01. The van der Waals surface area contributed by atoms with Crippen molar-refractivity contribution in [3.63, 3.8) is 0 Å². The lowest BCUT2D eigenvalue weighted by Crippen LogP contribution is -2.37. The van der Waals surface area contributed by atoms with Gasteiger partial charge in [-0.3, -0.25) is 0 Å². The fourth-order valence-corrected chi connectivity index (χ4v) is 1.12. The van der Waals surface area contributed by atoms with Crippen LogP contribution in [0.3, 0.4) is 0 Å². The first-order valence-electron chi connectivity index (χ1n) is 4.28.